The van der Waals surface area contributed by atoms with Crippen molar-refractivity contribution in [2.45, 2.75) is 32.2 Å². The number of hydrogen-bond acceptors (Lipinski definition) is 2. The van der Waals surface area contributed by atoms with Crippen LogP contribution in [0.2, 0.25) is 0 Å². The Kier molecular flexibility index (Phi) is 4.04. The fraction of sp³-hybridized carbons (Fsp3) is 0.429. The highest BCUT2D eigenvalue weighted by Gasteiger charge is 2.38. The minimum Gasteiger partial charge on any atom is -0.478 e. The molecule has 1 aliphatic carbocycles. The second-order valence-electron chi connectivity index (χ2n) is 5.57. The number of carbonyl (C=O) groups is 2. The summed E-state index contributed by atoms with van der Waals surface area (Å²) in [4.78, 5) is 23.0. The van der Waals surface area contributed by atoms with Gasteiger partial charge in [-0.25, -0.2) is 9.59 Å². The summed E-state index contributed by atoms with van der Waals surface area (Å²) in [7, 11) is 0. The first kappa shape index (κ1) is 14.8. The topological polar surface area (TPSA) is 78.4 Å². The molecule has 1 aliphatic rings. The maximum absolute atomic E-state index is 11.9. The molecule has 0 radical (unpaired) electrons. The van der Waals surface area contributed by atoms with Crippen LogP contribution in [0.25, 0.3) is 0 Å². The molecule has 0 spiro atoms. The first-order valence-corrected chi connectivity index (χ1v) is 7.21. The molecule has 0 heterocycles. The van der Waals surface area contributed by atoms with E-state index < -0.39 is 5.97 Å². The van der Waals surface area contributed by atoms with Gasteiger partial charge in [0.05, 0.1) is 5.56 Å². The van der Waals surface area contributed by atoms with E-state index in [1.54, 1.807) is 12.1 Å². The lowest BCUT2D eigenvalue weighted by molar-refractivity contribution is 0.0696. The van der Waals surface area contributed by atoms with Crippen molar-refractivity contribution in [2.75, 3.05) is 5.32 Å². The van der Waals surface area contributed by atoms with Crippen LogP contribution in [0.4, 0.5) is 10.5 Å². The Morgan fingerprint density at radius 1 is 1.35 bits per heavy atom. The standard InChI is InChI=1S/C14H17BrN2O3/c1-14(2,8-3-4-8)17-13(20)16-9-5-6-11(15)10(7-9)12(18)19/h5-8H,3-4H2,1-2H3,(H,18,19)(H2,16,17,20). The molecule has 0 saturated heterocycles. The molecule has 0 aliphatic heterocycles. The molecule has 2 amide bonds. The van der Waals surface area contributed by atoms with Gasteiger partial charge in [0.1, 0.15) is 0 Å². The summed E-state index contributed by atoms with van der Waals surface area (Å²) in [5.41, 5.74) is 0.327. The maximum Gasteiger partial charge on any atom is 0.336 e. The molecule has 5 nitrogen and oxygen atoms in total. The summed E-state index contributed by atoms with van der Waals surface area (Å²) in [5, 5.41) is 14.6. The van der Waals surface area contributed by atoms with Gasteiger partial charge in [-0.15, -0.1) is 0 Å². The number of rotatable bonds is 4. The number of amides is 2. The molecule has 6 heteroatoms. The molecule has 0 atom stereocenters. The minimum absolute atomic E-state index is 0.115. The van der Waals surface area contributed by atoms with Crippen molar-refractivity contribution in [1.29, 1.82) is 0 Å². The van der Waals surface area contributed by atoms with E-state index in [2.05, 4.69) is 26.6 Å². The zero-order valence-electron chi connectivity index (χ0n) is 11.4. The summed E-state index contributed by atoms with van der Waals surface area (Å²) in [6, 6.07) is 4.36. The number of urea groups is 1. The van der Waals surface area contributed by atoms with E-state index in [1.165, 1.54) is 6.07 Å². The maximum atomic E-state index is 11.9. The summed E-state index contributed by atoms with van der Waals surface area (Å²) in [5.74, 6) is -0.521. The molecule has 3 N–H and O–H groups in total. The average Bonchev–Trinajstić information content (AvgIpc) is 3.14. The fourth-order valence-corrected chi connectivity index (χ4v) is 2.55. The molecule has 1 aromatic rings. The van der Waals surface area contributed by atoms with Crippen LogP contribution in [-0.4, -0.2) is 22.6 Å². The first-order chi connectivity index (χ1) is 9.29. The van der Waals surface area contributed by atoms with Crippen LogP contribution in [0.1, 0.15) is 37.0 Å². The number of halogens is 1. The summed E-state index contributed by atoms with van der Waals surface area (Å²) in [6.07, 6.45) is 2.27. The van der Waals surface area contributed by atoms with Crippen molar-refractivity contribution in [3.05, 3.63) is 28.2 Å². The molecule has 0 bridgehead atoms. The Bertz CT molecular complexity index is 553. The van der Waals surface area contributed by atoms with Gasteiger partial charge in [0.25, 0.3) is 0 Å². The Morgan fingerprint density at radius 2 is 2.00 bits per heavy atom. The van der Waals surface area contributed by atoms with Crippen molar-refractivity contribution in [2.24, 2.45) is 5.92 Å². The highest BCUT2D eigenvalue weighted by Crippen LogP contribution is 2.39. The second kappa shape index (κ2) is 5.44. The number of benzene rings is 1. The third-order valence-electron chi connectivity index (χ3n) is 3.49. The van der Waals surface area contributed by atoms with Crippen LogP contribution in [0.15, 0.2) is 22.7 Å². The van der Waals surface area contributed by atoms with E-state index in [4.69, 9.17) is 5.11 Å². The molecule has 20 heavy (non-hydrogen) atoms. The zero-order chi connectivity index (χ0) is 14.9. The third kappa shape index (κ3) is 3.50. The second-order valence-corrected chi connectivity index (χ2v) is 6.43. The van der Waals surface area contributed by atoms with E-state index in [0.717, 1.165) is 12.8 Å². The van der Waals surface area contributed by atoms with Crippen molar-refractivity contribution in [3.8, 4) is 0 Å². The third-order valence-corrected chi connectivity index (χ3v) is 4.18. The van der Waals surface area contributed by atoms with Crippen LogP contribution in [0.5, 0.6) is 0 Å². The van der Waals surface area contributed by atoms with Crippen LogP contribution in [0, 0.1) is 5.92 Å². The smallest absolute Gasteiger partial charge is 0.336 e. The fourth-order valence-electron chi connectivity index (χ4n) is 2.13. The predicted molar refractivity (Wildman–Crippen MR) is 80.1 cm³/mol. The van der Waals surface area contributed by atoms with Crippen LogP contribution < -0.4 is 10.6 Å². The predicted octanol–water partition coefficient (Wildman–Crippen LogP) is 3.46. The number of anilines is 1. The summed E-state index contributed by atoms with van der Waals surface area (Å²) in [6.45, 7) is 3.99. The normalized spacial score (nSPS) is 14.8. The van der Waals surface area contributed by atoms with Crippen LogP contribution in [-0.2, 0) is 0 Å². The lowest BCUT2D eigenvalue weighted by atomic mass is 9.99. The van der Waals surface area contributed by atoms with Gasteiger partial charge < -0.3 is 15.7 Å². The zero-order valence-corrected chi connectivity index (χ0v) is 13.0. The van der Waals surface area contributed by atoms with E-state index >= 15 is 0 Å². The molecular formula is C14H17BrN2O3. The Morgan fingerprint density at radius 3 is 2.55 bits per heavy atom. The minimum atomic E-state index is -1.04. The van der Waals surface area contributed by atoms with Crippen LogP contribution >= 0.6 is 15.9 Å². The highest BCUT2D eigenvalue weighted by molar-refractivity contribution is 9.10. The SMILES string of the molecule is CC(C)(NC(=O)Nc1ccc(Br)c(C(=O)O)c1)C1CC1. The van der Waals surface area contributed by atoms with Gasteiger partial charge in [0, 0.05) is 15.7 Å². The lowest BCUT2D eigenvalue weighted by Crippen LogP contribution is -2.47. The van der Waals surface area contributed by atoms with Crippen molar-refractivity contribution in [3.63, 3.8) is 0 Å². The number of aromatic carboxylic acids is 1. The molecule has 2 rings (SSSR count). The molecule has 0 unspecified atom stereocenters. The van der Waals surface area contributed by atoms with E-state index in [1.807, 2.05) is 13.8 Å². The Balaban J connectivity index is 2.04. The molecule has 0 aromatic heterocycles. The van der Waals surface area contributed by atoms with E-state index in [0.29, 0.717) is 16.1 Å². The number of carbonyl (C=O) groups excluding carboxylic acids is 1. The number of hydrogen-bond donors (Lipinski definition) is 3. The Labute approximate surface area is 125 Å². The van der Waals surface area contributed by atoms with Gasteiger partial charge in [-0.2, -0.15) is 0 Å². The molecule has 1 aromatic carbocycles. The van der Waals surface area contributed by atoms with Gasteiger partial charge in [-0.3, -0.25) is 0 Å². The van der Waals surface area contributed by atoms with Gasteiger partial charge in [0.15, 0.2) is 0 Å². The molecule has 1 saturated carbocycles. The van der Waals surface area contributed by atoms with Crippen LogP contribution in [0.3, 0.4) is 0 Å². The summed E-state index contributed by atoms with van der Waals surface area (Å²) >= 11 is 3.16. The first-order valence-electron chi connectivity index (χ1n) is 6.41. The molecule has 1 fully saturated rings. The van der Waals surface area contributed by atoms with Crippen molar-refractivity contribution >= 4 is 33.6 Å². The molecule has 108 valence electrons. The lowest BCUT2D eigenvalue weighted by Gasteiger charge is -2.26. The van der Waals surface area contributed by atoms with E-state index in [9.17, 15) is 9.59 Å². The molecular weight excluding hydrogens is 324 g/mol. The Hall–Kier alpha value is -1.56. The van der Waals surface area contributed by atoms with Gasteiger partial charge in [-0.05, 0) is 66.7 Å². The van der Waals surface area contributed by atoms with Gasteiger partial charge in [0.2, 0.25) is 0 Å². The largest absolute Gasteiger partial charge is 0.478 e. The van der Waals surface area contributed by atoms with Crippen molar-refractivity contribution in [1.82, 2.24) is 5.32 Å². The van der Waals surface area contributed by atoms with Gasteiger partial charge in [-0.1, -0.05) is 0 Å². The highest BCUT2D eigenvalue weighted by atomic mass is 79.9. The average molecular weight is 341 g/mol. The number of nitrogens with one attached hydrogen (secondary N) is 2. The number of carboxylic acid groups (broad SMARTS) is 1. The monoisotopic (exact) mass is 340 g/mol. The summed E-state index contributed by atoms with van der Waals surface area (Å²) < 4.78 is 0.481. The van der Waals surface area contributed by atoms with Gasteiger partial charge >= 0.3 is 12.0 Å². The van der Waals surface area contributed by atoms with Crippen molar-refractivity contribution < 1.29 is 14.7 Å². The van der Waals surface area contributed by atoms with E-state index in [-0.39, 0.29) is 17.1 Å². The number of carboxylic acids is 1. The quantitative estimate of drug-likeness (QED) is 0.785.